The van der Waals surface area contributed by atoms with Crippen LogP contribution in [0.3, 0.4) is 0 Å². The number of sulfonamides is 1. The van der Waals surface area contributed by atoms with E-state index in [2.05, 4.69) is 4.72 Å². The lowest BCUT2D eigenvalue weighted by atomic mass is 10.1. The van der Waals surface area contributed by atoms with Gasteiger partial charge in [-0.25, -0.2) is 8.42 Å². The molecule has 2 aromatic rings. The first-order chi connectivity index (χ1) is 11.2. The van der Waals surface area contributed by atoms with Crippen molar-refractivity contribution in [2.45, 2.75) is 17.5 Å². The number of halogens is 4. The van der Waals surface area contributed by atoms with E-state index in [-0.39, 0.29) is 10.7 Å². The molecule has 3 rings (SSSR count). The Bertz CT molecular complexity index is 897. The Labute approximate surface area is 141 Å². The molecule has 4 nitrogen and oxygen atoms in total. The van der Waals surface area contributed by atoms with Crippen LogP contribution < -0.4 is 9.46 Å². The maximum atomic E-state index is 12.8. The van der Waals surface area contributed by atoms with E-state index in [9.17, 15) is 21.6 Å². The number of anilines is 1. The van der Waals surface area contributed by atoms with Crippen molar-refractivity contribution in [2.75, 3.05) is 11.3 Å². The lowest BCUT2D eigenvalue weighted by Gasteiger charge is -2.13. The van der Waals surface area contributed by atoms with E-state index in [0.29, 0.717) is 24.8 Å². The zero-order chi connectivity index (χ0) is 17.5. The summed E-state index contributed by atoms with van der Waals surface area (Å²) in [5.74, 6) is 0.662. The van der Waals surface area contributed by atoms with Gasteiger partial charge in [-0.2, -0.15) is 13.2 Å². The van der Waals surface area contributed by atoms with Gasteiger partial charge in [0.15, 0.2) is 0 Å². The first kappa shape index (κ1) is 16.9. The topological polar surface area (TPSA) is 55.4 Å². The Balaban J connectivity index is 1.96. The second-order valence-corrected chi connectivity index (χ2v) is 7.23. The van der Waals surface area contributed by atoms with Crippen LogP contribution in [0.1, 0.15) is 11.1 Å². The molecule has 0 fully saturated rings. The van der Waals surface area contributed by atoms with Gasteiger partial charge < -0.3 is 4.74 Å². The van der Waals surface area contributed by atoms with E-state index in [1.165, 1.54) is 6.07 Å². The van der Waals surface area contributed by atoms with E-state index in [4.69, 9.17) is 16.3 Å². The summed E-state index contributed by atoms with van der Waals surface area (Å²) < 4.78 is 70.8. The van der Waals surface area contributed by atoms with Gasteiger partial charge in [-0.05, 0) is 42.0 Å². The van der Waals surface area contributed by atoms with Crippen molar-refractivity contribution in [3.05, 3.63) is 52.5 Å². The maximum Gasteiger partial charge on any atom is 0.416 e. The molecule has 0 saturated heterocycles. The highest BCUT2D eigenvalue weighted by Crippen LogP contribution is 2.34. The molecule has 9 heteroatoms. The summed E-state index contributed by atoms with van der Waals surface area (Å²) in [6.07, 6.45) is -4.03. The zero-order valence-corrected chi connectivity index (χ0v) is 13.6. The highest BCUT2D eigenvalue weighted by Gasteiger charge is 2.32. The Kier molecular flexibility index (Phi) is 4.13. The number of nitrogens with one attached hydrogen (secondary N) is 1. The van der Waals surface area contributed by atoms with Crippen LogP contribution in [0.5, 0.6) is 5.75 Å². The molecule has 128 valence electrons. The predicted molar refractivity (Wildman–Crippen MR) is 82.9 cm³/mol. The average Bonchev–Trinajstić information content (AvgIpc) is 2.93. The number of rotatable bonds is 3. The minimum Gasteiger partial charge on any atom is -0.493 e. The van der Waals surface area contributed by atoms with Gasteiger partial charge >= 0.3 is 6.18 Å². The summed E-state index contributed by atoms with van der Waals surface area (Å²) in [5, 5.41) is -0.292. The van der Waals surface area contributed by atoms with Gasteiger partial charge in [0.2, 0.25) is 0 Å². The third kappa shape index (κ3) is 3.29. The minimum absolute atomic E-state index is 0.229. The van der Waals surface area contributed by atoms with Crippen molar-refractivity contribution in [2.24, 2.45) is 0 Å². The Hall–Kier alpha value is -1.93. The quantitative estimate of drug-likeness (QED) is 0.876. The molecule has 0 radical (unpaired) electrons. The lowest BCUT2D eigenvalue weighted by molar-refractivity contribution is -0.137. The predicted octanol–water partition coefficient (Wildman–Crippen LogP) is 4.09. The van der Waals surface area contributed by atoms with Crippen molar-refractivity contribution in [3.8, 4) is 5.75 Å². The van der Waals surface area contributed by atoms with Gasteiger partial charge in [0, 0.05) is 12.1 Å². The molecule has 24 heavy (non-hydrogen) atoms. The summed E-state index contributed by atoms with van der Waals surface area (Å²) in [6, 6.07) is 6.82. The second kappa shape index (κ2) is 5.86. The molecule has 0 atom stereocenters. The molecule has 2 aromatic carbocycles. The normalized spacial score (nSPS) is 14.2. The number of ether oxygens (including phenoxy) is 1. The molecule has 1 aliphatic heterocycles. The highest BCUT2D eigenvalue weighted by molar-refractivity contribution is 7.92. The van der Waals surface area contributed by atoms with Gasteiger partial charge in [0.05, 0.1) is 17.2 Å². The summed E-state index contributed by atoms with van der Waals surface area (Å²) in [4.78, 5) is -0.629. The van der Waals surface area contributed by atoms with Gasteiger partial charge in [-0.1, -0.05) is 11.6 Å². The fourth-order valence-corrected chi connectivity index (χ4v) is 3.92. The Morgan fingerprint density at radius 3 is 2.58 bits per heavy atom. The van der Waals surface area contributed by atoms with Crippen LogP contribution in [0.4, 0.5) is 18.9 Å². The number of benzene rings is 2. The number of hydrogen-bond acceptors (Lipinski definition) is 3. The minimum atomic E-state index is -4.67. The standard InChI is InChI=1S/C15H11ClF3NO3S/c16-12-3-1-10(15(17,18)19)8-14(12)24(21,22)20-11-2-4-13-9(7-11)5-6-23-13/h1-4,7-8,20H,5-6H2. The molecule has 0 saturated carbocycles. The molecule has 0 aromatic heterocycles. The van der Waals surface area contributed by atoms with E-state index >= 15 is 0 Å². The fraction of sp³-hybridized carbons (Fsp3) is 0.200. The zero-order valence-electron chi connectivity index (χ0n) is 12.0. The summed E-state index contributed by atoms with van der Waals surface area (Å²) >= 11 is 5.78. The van der Waals surface area contributed by atoms with Crippen molar-refractivity contribution in [1.82, 2.24) is 0 Å². The van der Waals surface area contributed by atoms with Crippen molar-refractivity contribution < 1.29 is 26.3 Å². The smallest absolute Gasteiger partial charge is 0.416 e. The molecule has 0 bridgehead atoms. The molecule has 0 amide bonds. The van der Waals surface area contributed by atoms with Gasteiger partial charge in [0.25, 0.3) is 10.0 Å². The number of alkyl halides is 3. The molecule has 0 unspecified atom stereocenters. The lowest BCUT2D eigenvalue weighted by Crippen LogP contribution is -2.15. The molecular weight excluding hydrogens is 367 g/mol. The molecule has 0 spiro atoms. The molecule has 1 N–H and O–H groups in total. The summed E-state index contributed by atoms with van der Waals surface area (Å²) in [6.45, 7) is 0.505. The monoisotopic (exact) mass is 377 g/mol. The first-order valence-electron chi connectivity index (χ1n) is 6.82. The van der Waals surface area contributed by atoms with Crippen LogP contribution in [0.2, 0.25) is 5.02 Å². The van der Waals surface area contributed by atoms with Crippen molar-refractivity contribution in [3.63, 3.8) is 0 Å². The average molecular weight is 378 g/mol. The number of fused-ring (bicyclic) bond motifs is 1. The molecule has 1 heterocycles. The van der Waals surface area contributed by atoms with E-state index < -0.39 is 26.7 Å². The van der Waals surface area contributed by atoms with E-state index in [1.807, 2.05) is 0 Å². The summed E-state index contributed by atoms with van der Waals surface area (Å²) in [7, 11) is -4.27. The van der Waals surface area contributed by atoms with E-state index in [0.717, 1.165) is 17.7 Å². The van der Waals surface area contributed by atoms with Crippen molar-refractivity contribution in [1.29, 1.82) is 0 Å². The fourth-order valence-electron chi connectivity index (χ4n) is 2.35. The van der Waals surface area contributed by atoms with Crippen molar-refractivity contribution >= 4 is 27.3 Å². The Morgan fingerprint density at radius 1 is 1.12 bits per heavy atom. The Morgan fingerprint density at radius 2 is 1.88 bits per heavy atom. The molecular formula is C15H11ClF3NO3S. The van der Waals surface area contributed by atoms with Gasteiger partial charge in [0.1, 0.15) is 10.6 Å². The van der Waals surface area contributed by atoms with Crippen LogP contribution >= 0.6 is 11.6 Å². The van der Waals surface area contributed by atoms with Crippen LogP contribution in [0.15, 0.2) is 41.3 Å². The first-order valence-corrected chi connectivity index (χ1v) is 8.68. The SMILES string of the molecule is O=S(=O)(Nc1ccc2c(c1)CCO2)c1cc(C(F)(F)F)ccc1Cl. The number of hydrogen-bond donors (Lipinski definition) is 1. The van der Waals surface area contributed by atoms with Crippen LogP contribution in [-0.4, -0.2) is 15.0 Å². The highest BCUT2D eigenvalue weighted by atomic mass is 35.5. The third-order valence-corrected chi connectivity index (χ3v) is 5.35. The van der Waals surface area contributed by atoms with Crippen LogP contribution in [-0.2, 0) is 22.6 Å². The second-order valence-electron chi connectivity index (χ2n) is 5.17. The summed E-state index contributed by atoms with van der Waals surface area (Å²) in [5.41, 5.74) is -0.0345. The third-order valence-electron chi connectivity index (χ3n) is 3.49. The maximum absolute atomic E-state index is 12.8. The van der Waals surface area contributed by atoms with E-state index in [1.54, 1.807) is 12.1 Å². The van der Waals surface area contributed by atoms with Crippen LogP contribution in [0, 0.1) is 0 Å². The molecule has 0 aliphatic carbocycles. The van der Waals surface area contributed by atoms with Gasteiger partial charge in [-0.3, -0.25) is 4.72 Å². The van der Waals surface area contributed by atoms with Crippen LogP contribution in [0.25, 0.3) is 0 Å². The molecule has 1 aliphatic rings. The van der Waals surface area contributed by atoms with Gasteiger partial charge in [-0.15, -0.1) is 0 Å². The largest absolute Gasteiger partial charge is 0.493 e.